The fraction of sp³-hybridized carbons (Fsp3) is 0.409. The smallest absolute Gasteiger partial charge is 0.191 e. The van der Waals surface area contributed by atoms with Crippen molar-refractivity contribution in [1.82, 2.24) is 10.6 Å². The highest BCUT2D eigenvalue weighted by atomic mass is 32.2. The fourth-order valence-electron chi connectivity index (χ4n) is 3.65. The van der Waals surface area contributed by atoms with E-state index in [2.05, 4.69) is 39.9 Å². The second-order valence-electron chi connectivity index (χ2n) is 7.34. The molecule has 28 heavy (non-hydrogen) atoms. The lowest BCUT2D eigenvalue weighted by Gasteiger charge is -2.43. The van der Waals surface area contributed by atoms with Crippen LogP contribution in [0.1, 0.15) is 31.2 Å². The maximum atomic E-state index is 12.3. The highest BCUT2D eigenvalue weighted by Gasteiger charge is 2.38. The van der Waals surface area contributed by atoms with Crippen LogP contribution in [0.5, 0.6) is 0 Å². The molecule has 1 aliphatic carbocycles. The Labute approximate surface area is 168 Å². The minimum atomic E-state index is -3.23. The molecular formula is C22H29N3O2S. The molecule has 2 N–H and O–H groups in total. The molecule has 6 heteroatoms. The van der Waals surface area contributed by atoms with Crippen molar-refractivity contribution < 1.29 is 8.42 Å². The van der Waals surface area contributed by atoms with Crippen molar-refractivity contribution in [1.29, 1.82) is 0 Å². The lowest BCUT2D eigenvalue weighted by molar-refractivity contribution is 0.244. The Morgan fingerprint density at radius 3 is 2.21 bits per heavy atom. The van der Waals surface area contributed by atoms with Gasteiger partial charge in [0.25, 0.3) is 0 Å². The average molecular weight is 400 g/mol. The van der Waals surface area contributed by atoms with Gasteiger partial charge in [-0.1, -0.05) is 55.0 Å². The topological polar surface area (TPSA) is 70.6 Å². The van der Waals surface area contributed by atoms with Crippen molar-refractivity contribution in [2.75, 3.05) is 25.9 Å². The maximum Gasteiger partial charge on any atom is 0.191 e. The average Bonchev–Trinajstić information content (AvgIpc) is 2.70. The first-order valence-electron chi connectivity index (χ1n) is 9.84. The summed E-state index contributed by atoms with van der Waals surface area (Å²) < 4.78 is 24.7. The summed E-state index contributed by atoms with van der Waals surface area (Å²) in [7, 11) is -1.49. The molecule has 1 fully saturated rings. The predicted molar refractivity (Wildman–Crippen MR) is 114 cm³/mol. The molecule has 0 saturated heterocycles. The van der Waals surface area contributed by atoms with E-state index in [1.165, 1.54) is 24.8 Å². The van der Waals surface area contributed by atoms with Crippen LogP contribution in [0.2, 0.25) is 0 Å². The second-order valence-corrected chi connectivity index (χ2v) is 9.45. The van der Waals surface area contributed by atoms with Crippen molar-refractivity contribution in [3.8, 4) is 0 Å². The standard InChI is InChI=1S/C22H29N3O2S/c1-23-21(24-16-9-17-28(26,27)20-12-6-3-7-13-20)25-18-22(14-8-15-22)19-10-4-2-5-11-19/h2-7,10-13H,8-9,14-18H2,1H3,(H2,23,24,25). The molecule has 150 valence electrons. The van der Waals surface area contributed by atoms with Gasteiger partial charge in [0.1, 0.15) is 0 Å². The van der Waals surface area contributed by atoms with E-state index >= 15 is 0 Å². The first kappa shape index (κ1) is 20.4. The number of nitrogens with zero attached hydrogens (tertiary/aromatic N) is 1. The molecule has 5 nitrogen and oxygen atoms in total. The third kappa shape index (κ3) is 4.93. The van der Waals surface area contributed by atoms with Gasteiger partial charge in [0.15, 0.2) is 15.8 Å². The van der Waals surface area contributed by atoms with Crippen LogP contribution in [-0.2, 0) is 15.3 Å². The molecule has 1 aliphatic rings. The molecule has 0 unspecified atom stereocenters. The minimum absolute atomic E-state index is 0.120. The summed E-state index contributed by atoms with van der Waals surface area (Å²) in [6.07, 6.45) is 4.13. The Balaban J connectivity index is 1.46. The van der Waals surface area contributed by atoms with Crippen LogP contribution in [0.4, 0.5) is 0 Å². The zero-order valence-corrected chi connectivity index (χ0v) is 17.2. The van der Waals surface area contributed by atoms with Gasteiger partial charge in [-0.05, 0) is 37.0 Å². The Morgan fingerprint density at radius 1 is 1.00 bits per heavy atom. The lowest BCUT2D eigenvalue weighted by atomic mass is 9.64. The van der Waals surface area contributed by atoms with Crippen LogP contribution in [0.3, 0.4) is 0 Å². The number of sulfone groups is 1. The van der Waals surface area contributed by atoms with Gasteiger partial charge in [-0.2, -0.15) is 0 Å². The van der Waals surface area contributed by atoms with Gasteiger partial charge < -0.3 is 10.6 Å². The minimum Gasteiger partial charge on any atom is -0.356 e. The van der Waals surface area contributed by atoms with Gasteiger partial charge in [-0.25, -0.2) is 8.42 Å². The highest BCUT2D eigenvalue weighted by Crippen LogP contribution is 2.43. The first-order chi connectivity index (χ1) is 13.6. The zero-order valence-electron chi connectivity index (χ0n) is 16.4. The lowest BCUT2D eigenvalue weighted by Crippen LogP contribution is -2.49. The first-order valence-corrected chi connectivity index (χ1v) is 11.5. The van der Waals surface area contributed by atoms with E-state index in [4.69, 9.17) is 0 Å². The summed E-state index contributed by atoms with van der Waals surface area (Å²) in [6, 6.07) is 19.2. The van der Waals surface area contributed by atoms with E-state index in [9.17, 15) is 8.42 Å². The van der Waals surface area contributed by atoms with Crippen molar-refractivity contribution in [3.63, 3.8) is 0 Å². The number of rotatable bonds is 8. The van der Waals surface area contributed by atoms with Crippen LogP contribution in [0, 0.1) is 0 Å². The quantitative estimate of drug-likeness (QED) is 0.406. The molecule has 2 aromatic rings. The third-order valence-corrected chi connectivity index (χ3v) is 7.32. The second kappa shape index (κ2) is 9.24. The van der Waals surface area contributed by atoms with Crippen LogP contribution in [0.25, 0.3) is 0 Å². The normalized spacial score (nSPS) is 16.2. The predicted octanol–water partition coefficient (Wildman–Crippen LogP) is 3.14. The number of hydrogen-bond acceptors (Lipinski definition) is 3. The van der Waals surface area contributed by atoms with Crippen LogP contribution in [-0.4, -0.2) is 40.3 Å². The van der Waals surface area contributed by atoms with E-state index in [0.29, 0.717) is 17.9 Å². The molecule has 0 aromatic heterocycles. The summed E-state index contributed by atoms with van der Waals surface area (Å²) >= 11 is 0. The Hall–Kier alpha value is -2.34. The molecule has 0 atom stereocenters. The number of benzene rings is 2. The summed E-state index contributed by atoms with van der Waals surface area (Å²) in [5.41, 5.74) is 1.55. The van der Waals surface area contributed by atoms with E-state index in [1.807, 2.05) is 12.1 Å². The van der Waals surface area contributed by atoms with E-state index < -0.39 is 9.84 Å². The monoisotopic (exact) mass is 399 g/mol. The van der Waals surface area contributed by atoms with Crippen LogP contribution >= 0.6 is 0 Å². The molecule has 0 spiro atoms. The van der Waals surface area contributed by atoms with E-state index in [1.54, 1.807) is 31.3 Å². The fourth-order valence-corrected chi connectivity index (χ4v) is 4.98. The highest BCUT2D eigenvalue weighted by molar-refractivity contribution is 7.91. The number of aliphatic imine (C=N–C) groups is 1. The van der Waals surface area contributed by atoms with Gasteiger partial charge in [0, 0.05) is 25.6 Å². The van der Waals surface area contributed by atoms with Gasteiger partial charge in [0.05, 0.1) is 10.6 Å². The van der Waals surface area contributed by atoms with Crippen molar-refractivity contribution in [3.05, 3.63) is 66.2 Å². The van der Waals surface area contributed by atoms with Crippen molar-refractivity contribution in [2.45, 2.75) is 36.0 Å². The number of guanidine groups is 1. The third-order valence-electron chi connectivity index (χ3n) is 5.50. The van der Waals surface area contributed by atoms with E-state index in [0.717, 1.165) is 12.5 Å². The van der Waals surface area contributed by atoms with Gasteiger partial charge >= 0.3 is 0 Å². The molecule has 0 aliphatic heterocycles. The van der Waals surface area contributed by atoms with Crippen molar-refractivity contribution >= 4 is 15.8 Å². The van der Waals surface area contributed by atoms with Crippen molar-refractivity contribution in [2.24, 2.45) is 4.99 Å². The summed E-state index contributed by atoms with van der Waals surface area (Å²) in [5, 5.41) is 6.67. The van der Waals surface area contributed by atoms with Gasteiger partial charge in [-0.3, -0.25) is 4.99 Å². The Kier molecular flexibility index (Phi) is 6.73. The van der Waals surface area contributed by atoms with Crippen LogP contribution in [0.15, 0.2) is 70.6 Å². The maximum absolute atomic E-state index is 12.3. The van der Waals surface area contributed by atoms with Gasteiger partial charge in [0.2, 0.25) is 0 Å². The Bertz CT molecular complexity index is 877. The Morgan fingerprint density at radius 2 is 1.64 bits per heavy atom. The zero-order chi connectivity index (χ0) is 19.9. The largest absolute Gasteiger partial charge is 0.356 e. The molecule has 2 aromatic carbocycles. The molecule has 3 rings (SSSR count). The summed E-state index contributed by atoms with van der Waals surface area (Å²) in [6.45, 7) is 1.39. The molecule has 0 amide bonds. The summed E-state index contributed by atoms with van der Waals surface area (Å²) in [4.78, 5) is 4.66. The van der Waals surface area contributed by atoms with Gasteiger partial charge in [-0.15, -0.1) is 0 Å². The molecule has 0 heterocycles. The SMILES string of the molecule is CN=C(NCCCS(=O)(=O)c1ccccc1)NCC1(c2ccccc2)CCC1. The molecular weight excluding hydrogens is 370 g/mol. The molecule has 1 saturated carbocycles. The number of hydrogen-bond donors (Lipinski definition) is 2. The molecule has 0 bridgehead atoms. The summed E-state index contributed by atoms with van der Waals surface area (Å²) in [5.74, 6) is 0.842. The molecule has 0 radical (unpaired) electrons. The van der Waals surface area contributed by atoms with Crippen LogP contribution < -0.4 is 10.6 Å². The van der Waals surface area contributed by atoms with E-state index in [-0.39, 0.29) is 11.2 Å². The number of nitrogens with one attached hydrogen (secondary N) is 2.